The Bertz CT molecular complexity index is 913. The Morgan fingerprint density at radius 2 is 2.00 bits per heavy atom. The number of rotatable bonds is 5. The molecule has 132 valence electrons. The van der Waals surface area contributed by atoms with E-state index >= 15 is 0 Å². The second-order valence-corrected chi connectivity index (χ2v) is 6.72. The van der Waals surface area contributed by atoms with Gasteiger partial charge in [-0.15, -0.1) is 0 Å². The molecule has 1 aliphatic rings. The molecule has 2 aromatic carbocycles. The van der Waals surface area contributed by atoms with Gasteiger partial charge in [0.1, 0.15) is 12.0 Å². The molecule has 5 nitrogen and oxygen atoms in total. The number of aromatic nitrogens is 2. The predicted molar refractivity (Wildman–Crippen MR) is 107 cm³/mol. The first-order chi connectivity index (χ1) is 12.7. The van der Waals surface area contributed by atoms with Gasteiger partial charge < -0.3 is 15.5 Å². The Morgan fingerprint density at radius 3 is 2.85 bits per heavy atom. The first-order valence-electron chi connectivity index (χ1n) is 8.62. The SMILES string of the molecule is Cc1cc2c(cc1Cl)N(CCNCc1ccccc1)c1ncncc1N2. The highest BCUT2D eigenvalue weighted by Crippen LogP contribution is 2.43. The molecule has 0 atom stereocenters. The lowest BCUT2D eigenvalue weighted by atomic mass is 10.1. The van der Waals surface area contributed by atoms with E-state index in [2.05, 4.69) is 55.8 Å². The fourth-order valence-corrected chi connectivity index (χ4v) is 3.28. The maximum Gasteiger partial charge on any atom is 0.160 e. The molecule has 1 aromatic heterocycles. The topological polar surface area (TPSA) is 53.1 Å². The first kappa shape index (κ1) is 16.8. The minimum absolute atomic E-state index is 0.755. The average Bonchev–Trinajstić information content (AvgIpc) is 2.66. The zero-order valence-corrected chi connectivity index (χ0v) is 15.3. The number of aryl methyl sites for hydroxylation is 1. The summed E-state index contributed by atoms with van der Waals surface area (Å²) in [5.74, 6) is 0.869. The van der Waals surface area contributed by atoms with Gasteiger partial charge in [-0.3, -0.25) is 0 Å². The van der Waals surface area contributed by atoms with Gasteiger partial charge in [-0.05, 0) is 30.2 Å². The number of nitrogens with zero attached hydrogens (tertiary/aromatic N) is 3. The van der Waals surface area contributed by atoms with Gasteiger partial charge in [0.2, 0.25) is 0 Å². The lowest BCUT2D eigenvalue weighted by molar-refractivity contribution is 0.685. The predicted octanol–water partition coefficient (Wildman–Crippen LogP) is 4.42. The third-order valence-corrected chi connectivity index (χ3v) is 4.88. The molecule has 0 bridgehead atoms. The number of hydrogen-bond acceptors (Lipinski definition) is 5. The van der Waals surface area contributed by atoms with E-state index in [1.165, 1.54) is 5.56 Å². The van der Waals surface area contributed by atoms with Crippen LogP contribution in [-0.2, 0) is 6.54 Å². The largest absolute Gasteiger partial charge is 0.350 e. The minimum atomic E-state index is 0.755. The Hall–Kier alpha value is -2.63. The van der Waals surface area contributed by atoms with Crippen molar-refractivity contribution in [2.75, 3.05) is 23.3 Å². The monoisotopic (exact) mass is 365 g/mol. The van der Waals surface area contributed by atoms with Crippen LogP contribution in [0.25, 0.3) is 0 Å². The van der Waals surface area contributed by atoms with Crippen LogP contribution in [0.5, 0.6) is 0 Å². The van der Waals surface area contributed by atoms with E-state index in [1.807, 2.05) is 19.1 Å². The van der Waals surface area contributed by atoms with E-state index in [9.17, 15) is 0 Å². The normalized spacial score (nSPS) is 12.3. The minimum Gasteiger partial charge on any atom is -0.350 e. The summed E-state index contributed by atoms with van der Waals surface area (Å²) in [5.41, 5.74) is 5.28. The van der Waals surface area contributed by atoms with Crippen molar-refractivity contribution in [1.82, 2.24) is 15.3 Å². The number of halogens is 1. The summed E-state index contributed by atoms with van der Waals surface area (Å²) in [6.07, 6.45) is 3.38. The molecule has 3 aromatic rings. The van der Waals surface area contributed by atoms with Gasteiger partial charge in [0.15, 0.2) is 5.82 Å². The van der Waals surface area contributed by atoms with E-state index in [1.54, 1.807) is 12.5 Å². The molecule has 2 N–H and O–H groups in total. The van der Waals surface area contributed by atoms with Crippen LogP contribution in [0.1, 0.15) is 11.1 Å². The van der Waals surface area contributed by atoms with Gasteiger partial charge >= 0.3 is 0 Å². The highest BCUT2D eigenvalue weighted by molar-refractivity contribution is 6.32. The Labute approximate surface area is 158 Å². The van der Waals surface area contributed by atoms with Crippen molar-refractivity contribution >= 4 is 34.5 Å². The van der Waals surface area contributed by atoms with Crippen molar-refractivity contribution in [3.63, 3.8) is 0 Å². The lowest BCUT2D eigenvalue weighted by Gasteiger charge is -2.33. The Kier molecular flexibility index (Phi) is 4.73. The molecule has 0 saturated heterocycles. The van der Waals surface area contributed by atoms with Gasteiger partial charge in [-0.25, -0.2) is 9.97 Å². The number of anilines is 4. The molecule has 0 spiro atoms. The summed E-state index contributed by atoms with van der Waals surface area (Å²) in [4.78, 5) is 10.8. The molecule has 0 saturated carbocycles. The molecule has 4 rings (SSSR count). The maximum absolute atomic E-state index is 6.38. The Balaban J connectivity index is 1.54. The summed E-state index contributed by atoms with van der Waals surface area (Å²) in [6.45, 7) is 4.45. The van der Waals surface area contributed by atoms with Crippen LogP contribution >= 0.6 is 11.6 Å². The maximum atomic E-state index is 6.38. The second kappa shape index (κ2) is 7.32. The molecule has 0 fully saturated rings. The molecule has 1 aliphatic heterocycles. The molecule has 0 amide bonds. The number of fused-ring (bicyclic) bond motifs is 2. The summed E-state index contributed by atoms with van der Waals surface area (Å²) >= 11 is 6.38. The third kappa shape index (κ3) is 3.36. The van der Waals surface area contributed by atoms with E-state index in [-0.39, 0.29) is 0 Å². The zero-order chi connectivity index (χ0) is 17.9. The molecule has 0 aliphatic carbocycles. The van der Waals surface area contributed by atoms with Gasteiger partial charge in [0, 0.05) is 24.7 Å². The van der Waals surface area contributed by atoms with Crippen LogP contribution in [0.2, 0.25) is 5.02 Å². The standard InChI is InChI=1S/C20H20ClN5/c1-14-9-17-19(10-16(14)21)26(20-18(25-17)12-23-13-24-20)8-7-22-11-15-5-3-2-4-6-15/h2-6,9-10,12-13,22,25H,7-8,11H2,1H3. The highest BCUT2D eigenvalue weighted by atomic mass is 35.5. The van der Waals surface area contributed by atoms with Crippen LogP contribution in [0, 0.1) is 6.92 Å². The molecule has 0 unspecified atom stereocenters. The van der Waals surface area contributed by atoms with Gasteiger partial charge in [-0.2, -0.15) is 0 Å². The summed E-state index contributed by atoms with van der Waals surface area (Å²) in [7, 11) is 0. The summed E-state index contributed by atoms with van der Waals surface area (Å²) in [6, 6.07) is 14.5. The molecule has 26 heavy (non-hydrogen) atoms. The highest BCUT2D eigenvalue weighted by Gasteiger charge is 2.24. The van der Waals surface area contributed by atoms with Crippen LogP contribution in [0.15, 0.2) is 55.0 Å². The van der Waals surface area contributed by atoms with E-state index in [0.29, 0.717) is 0 Å². The summed E-state index contributed by atoms with van der Waals surface area (Å²) < 4.78 is 0. The average molecular weight is 366 g/mol. The van der Waals surface area contributed by atoms with Crippen molar-refractivity contribution in [3.8, 4) is 0 Å². The third-order valence-electron chi connectivity index (χ3n) is 4.47. The smallest absolute Gasteiger partial charge is 0.160 e. The second-order valence-electron chi connectivity index (χ2n) is 6.32. The van der Waals surface area contributed by atoms with E-state index < -0.39 is 0 Å². The van der Waals surface area contributed by atoms with Gasteiger partial charge in [-0.1, -0.05) is 41.9 Å². The molecular weight excluding hydrogens is 346 g/mol. The molecule has 2 heterocycles. The van der Waals surface area contributed by atoms with Crippen molar-refractivity contribution in [2.24, 2.45) is 0 Å². The molecular formula is C20H20ClN5. The number of nitrogens with one attached hydrogen (secondary N) is 2. The lowest BCUT2D eigenvalue weighted by Crippen LogP contribution is -2.31. The van der Waals surface area contributed by atoms with Crippen molar-refractivity contribution in [3.05, 3.63) is 71.1 Å². The van der Waals surface area contributed by atoms with Crippen molar-refractivity contribution in [1.29, 1.82) is 0 Å². The zero-order valence-electron chi connectivity index (χ0n) is 14.5. The van der Waals surface area contributed by atoms with Crippen LogP contribution in [0.3, 0.4) is 0 Å². The van der Waals surface area contributed by atoms with Crippen LogP contribution in [-0.4, -0.2) is 23.1 Å². The fraction of sp³-hybridized carbons (Fsp3) is 0.200. The van der Waals surface area contributed by atoms with Crippen LogP contribution < -0.4 is 15.5 Å². The summed E-state index contributed by atoms with van der Waals surface area (Å²) in [5, 5.41) is 7.66. The molecule has 0 radical (unpaired) electrons. The van der Waals surface area contributed by atoms with Gasteiger partial charge in [0.05, 0.1) is 17.6 Å². The van der Waals surface area contributed by atoms with Crippen molar-refractivity contribution < 1.29 is 0 Å². The number of hydrogen-bond donors (Lipinski definition) is 2. The van der Waals surface area contributed by atoms with E-state index in [0.717, 1.165) is 53.1 Å². The number of benzene rings is 2. The van der Waals surface area contributed by atoms with Crippen molar-refractivity contribution in [2.45, 2.75) is 13.5 Å². The van der Waals surface area contributed by atoms with Gasteiger partial charge in [0.25, 0.3) is 0 Å². The fourth-order valence-electron chi connectivity index (χ4n) is 3.13. The first-order valence-corrected chi connectivity index (χ1v) is 8.99. The Morgan fingerprint density at radius 1 is 1.15 bits per heavy atom. The quantitative estimate of drug-likeness (QED) is 0.655. The van der Waals surface area contributed by atoms with E-state index in [4.69, 9.17) is 11.6 Å². The molecule has 6 heteroatoms. The van der Waals surface area contributed by atoms with Crippen LogP contribution in [0.4, 0.5) is 22.9 Å².